The molecule has 1 aliphatic rings. The average molecular weight is 242 g/mol. The van der Waals surface area contributed by atoms with Gasteiger partial charge in [-0.3, -0.25) is 4.79 Å². The van der Waals surface area contributed by atoms with Crippen LogP contribution in [-0.2, 0) is 9.53 Å². The van der Waals surface area contributed by atoms with Gasteiger partial charge in [0.25, 0.3) is 0 Å². The molecule has 0 amide bonds. The van der Waals surface area contributed by atoms with Crippen LogP contribution in [0.2, 0.25) is 0 Å². The standard InChI is InChI=1S/C13H26N2O2/c1-4-7-14-11(3)9-15-8-6-12(10-15)13(16)17-5-2/h11-12,14H,4-10H2,1-3H3. The van der Waals surface area contributed by atoms with Crippen LogP contribution in [-0.4, -0.2) is 49.7 Å². The molecule has 0 bridgehead atoms. The van der Waals surface area contributed by atoms with E-state index in [9.17, 15) is 4.79 Å². The van der Waals surface area contributed by atoms with E-state index in [0.717, 1.165) is 39.0 Å². The normalized spacial score (nSPS) is 22.6. The third kappa shape index (κ3) is 5.04. The summed E-state index contributed by atoms with van der Waals surface area (Å²) in [6, 6.07) is 0.496. The zero-order valence-corrected chi connectivity index (χ0v) is 11.4. The summed E-state index contributed by atoms with van der Waals surface area (Å²) in [6.07, 6.45) is 2.11. The predicted molar refractivity (Wildman–Crippen MR) is 68.9 cm³/mol. The Labute approximate surface area is 105 Å². The lowest BCUT2D eigenvalue weighted by molar-refractivity contribution is -0.147. The largest absolute Gasteiger partial charge is 0.466 e. The number of likely N-dealkylation sites (tertiary alicyclic amines) is 1. The number of carbonyl (C=O) groups is 1. The minimum atomic E-state index is -0.0239. The van der Waals surface area contributed by atoms with Crippen molar-refractivity contribution in [1.82, 2.24) is 10.2 Å². The van der Waals surface area contributed by atoms with E-state index < -0.39 is 0 Å². The summed E-state index contributed by atoms with van der Waals surface area (Å²) in [4.78, 5) is 13.9. The second-order valence-corrected chi connectivity index (χ2v) is 4.85. The maximum Gasteiger partial charge on any atom is 0.310 e. The van der Waals surface area contributed by atoms with Gasteiger partial charge >= 0.3 is 5.97 Å². The molecule has 0 radical (unpaired) electrons. The first-order valence-corrected chi connectivity index (χ1v) is 6.79. The van der Waals surface area contributed by atoms with Gasteiger partial charge in [0.2, 0.25) is 0 Å². The van der Waals surface area contributed by atoms with E-state index in [1.165, 1.54) is 0 Å². The quantitative estimate of drug-likeness (QED) is 0.682. The number of carbonyl (C=O) groups excluding carboxylic acids is 1. The number of ether oxygens (including phenoxy) is 1. The van der Waals surface area contributed by atoms with Gasteiger partial charge in [0.15, 0.2) is 0 Å². The summed E-state index contributed by atoms with van der Waals surface area (Å²) in [7, 11) is 0. The Kier molecular flexibility index (Phi) is 6.52. The van der Waals surface area contributed by atoms with E-state index in [1.54, 1.807) is 0 Å². The highest BCUT2D eigenvalue weighted by molar-refractivity contribution is 5.73. The highest BCUT2D eigenvalue weighted by Crippen LogP contribution is 2.17. The third-order valence-corrected chi connectivity index (χ3v) is 3.17. The predicted octanol–water partition coefficient (Wildman–Crippen LogP) is 1.26. The number of nitrogens with one attached hydrogen (secondary N) is 1. The van der Waals surface area contributed by atoms with E-state index in [0.29, 0.717) is 12.6 Å². The molecule has 4 nitrogen and oxygen atoms in total. The summed E-state index contributed by atoms with van der Waals surface area (Å²) >= 11 is 0. The molecule has 17 heavy (non-hydrogen) atoms. The first kappa shape index (κ1) is 14.5. The zero-order chi connectivity index (χ0) is 12.7. The van der Waals surface area contributed by atoms with E-state index in [2.05, 4.69) is 24.1 Å². The zero-order valence-electron chi connectivity index (χ0n) is 11.4. The molecule has 2 atom stereocenters. The molecule has 0 saturated carbocycles. The summed E-state index contributed by atoms with van der Waals surface area (Å²) in [6.45, 7) is 10.7. The minimum absolute atomic E-state index is 0.0239. The average Bonchev–Trinajstić information content (AvgIpc) is 2.75. The topological polar surface area (TPSA) is 41.6 Å². The number of esters is 1. The molecule has 100 valence electrons. The lowest BCUT2D eigenvalue weighted by Gasteiger charge is -2.21. The van der Waals surface area contributed by atoms with Gasteiger partial charge in [-0.2, -0.15) is 0 Å². The summed E-state index contributed by atoms with van der Waals surface area (Å²) in [5, 5.41) is 3.47. The molecule has 0 aliphatic carbocycles. The van der Waals surface area contributed by atoms with Crippen LogP contribution in [0.25, 0.3) is 0 Å². The molecule has 4 heteroatoms. The lowest BCUT2D eigenvalue weighted by atomic mass is 10.1. The van der Waals surface area contributed by atoms with Crippen molar-refractivity contribution in [3.8, 4) is 0 Å². The molecule has 2 unspecified atom stereocenters. The van der Waals surface area contributed by atoms with Gasteiger partial charge < -0.3 is 15.0 Å². The number of nitrogens with zero attached hydrogens (tertiary/aromatic N) is 1. The fourth-order valence-corrected chi connectivity index (χ4v) is 2.29. The highest BCUT2D eigenvalue weighted by atomic mass is 16.5. The van der Waals surface area contributed by atoms with Crippen LogP contribution in [0.4, 0.5) is 0 Å². The van der Waals surface area contributed by atoms with Crippen molar-refractivity contribution in [1.29, 1.82) is 0 Å². The van der Waals surface area contributed by atoms with E-state index >= 15 is 0 Å². The second-order valence-electron chi connectivity index (χ2n) is 4.85. The smallest absolute Gasteiger partial charge is 0.310 e. The van der Waals surface area contributed by atoms with Crippen molar-refractivity contribution < 1.29 is 9.53 Å². The number of hydrogen-bond acceptors (Lipinski definition) is 4. The lowest BCUT2D eigenvalue weighted by Crippen LogP contribution is -2.38. The summed E-state index contributed by atoms with van der Waals surface area (Å²) in [5.41, 5.74) is 0. The SMILES string of the molecule is CCCNC(C)CN1CCC(C(=O)OCC)C1. The van der Waals surface area contributed by atoms with Crippen molar-refractivity contribution in [2.24, 2.45) is 5.92 Å². The van der Waals surface area contributed by atoms with Crippen LogP contribution in [0, 0.1) is 5.92 Å². The fourth-order valence-electron chi connectivity index (χ4n) is 2.29. The molecule has 1 rings (SSSR count). The minimum Gasteiger partial charge on any atom is -0.466 e. The van der Waals surface area contributed by atoms with Gasteiger partial charge in [-0.05, 0) is 39.8 Å². The van der Waals surface area contributed by atoms with Crippen molar-refractivity contribution in [3.05, 3.63) is 0 Å². The van der Waals surface area contributed by atoms with Crippen molar-refractivity contribution in [2.45, 2.75) is 39.7 Å². The Bertz CT molecular complexity index is 233. The monoisotopic (exact) mass is 242 g/mol. The van der Waals surface area contributed by atoms with Crippen LogP contribution in [0.3, 0.4) is 0 Å². The first-order valence-electron chi connectivity index (χ1n) is 6.79. The van der Waals surface area contributed by atoms with E-state index in [-0.39, 0.29) is 11.9 Å². The van der Waals surface area contributed by atoms with Gasteiger partial charge in [0.1, 0.15) is 0 Å². The number of hydrogen-bond donors (Lipinski definition) is 1. The van der Waals surface area contributed by atoms with Crippen molar-refractivity contribution in [3.63, 3.8) is 0 Å². The fraction of sp³-hybridized carbons (Fsp3) is 0.923. The van der Waals surface area contributed by atoms with Crippen molar-refractivity contribution >= 4 is 5.97 Å². The van der Waals surface area contributed by atoms with Gasteiger partial charge in [-0.15, -0.1) is 0 Å². The summed E-state index contributed by atoms with van der Waals surface area (Å²) in [5.74, 6) is 0.0671. The molecule has 1 heterocycles. The third-order valence-electron chi connectivity index (χ3n) is 3.17. The van der Waals surface area contributed by atoms with Gasteiger partial charge in [0.05, 0.1) is 12.5 Å². The first-order chi connectivity index (χ1) is 8.17. The molecule has 0 aromatic rings. The second kappa shape index (κ2) is 7.67. The van der Waals surface area contributed by atoms with E-state index in [4.69, 9.17) is 4.74 Å². The Balaban J connectivity index is 2.23. The summed E-state index contributed by atoms with van der Waals surface area (Å²) < 4.78 is 5.06. The van der Waals surface area contributed by atoms with E-state index in [1.807, 2.05) is 6.92 Å². The molecule has 0 aromatic heterocycles. The Morgan fingerprint density at radius 2 is 2.29 bits per heavy atom. The molecular formula is C13H26N2O2. The highest BCUT2D eigenvalue weighted by Gasteiger charge is 2.29. The van der Waals surface area contributed by atoms with Crippen LogP contribution in [0.15, 0.2) is 0 Å². The Morgan fingerprint density at radius 1 is 1.53 bits per heavy atom. The van der Waals surface area contributed by atoms with Crippen LogP contribution in [0.5, 0.6) is 0 Å². The van der Waals surface area contributed by atoms with Gasteiger partial charge in [-0.25, -0.2) is 0 Å². The molecule has 1 fully saturated rings. The van der Waals surface area contributed by atoms with Gasteiger partial charge in [-0.1, -0.05) is 6.92 Å². The Hall–Kier alpha value is -0.610. The van der Waals surface area contributed by atoms with Crippen molar-refractivity contribution in [2.75, 3.05) is 32.8 Å². The van der Waals surface area contributed by atoms with Crippen LogP contribution >= 0.6 is 0 Å². The molecule has 1 saturated heterocycles. The van der Waals surface area contributed by atoms with Gasteiger partial charge in [0, 0.05) is 19.1 Å². The maximum atomic E-state index is 11.6. The number of rotatable bonds is 7. The van der Waals surface area contributed by atoms with Crippen LogP contribution in [0.1, 0.15) is 33.6 Å². The Morgan fingerprint density at radius 3 is 2.94 bits per heavy atom. The molecule has 0 aromatic carbocycles. The molecule has 1 aliphatic heterocycles. The maximum absolute atomic E-state index is 11.6. The van der Waals surface area contributed by atoms with Crippen LogP contribution < -0.4 is 5.32 Å². The molecule has 0 spiro atoms. The molecular weight excluding hydrogens is 216 g/mol. The molecule has 1 N–H and O–H groups in total.